The van der Waals surface area contributed by atoms with Crippen molar-refractivity contribution in [3.8, 4) is 0 Å². The highest BCUT2D eigenvalue weighted by atomic mass is 16.5. The van der Waals surface area contributed by atoms with Gasteiger partial charge in [-0.05, 0) is 12.8 Å². The molecule has 1 aliphatic heterocycles. The normalized spacial score (nSPS) is 24.5. The van der Waals surface area contributed by atoms with Crippen molar-refractivity contribution in [3.63, 3.8) is 0 Å². The number of hydrogen-bond donors (Lipinski definition) is 2. The molecule has 7 heteroatoms. The molecule has 2 N–H and O–H groups in total. The number of ether oxygens (including phenoxy) is 1. The van der Waals surface area contributed by atoms with Crippen molar-refractivity contribution in [1.82, 2.24) is 19.5 Å². The lowest BCUT2D eigenvalue weighted by Crippen LogP contribution is -2.17. The second-order valence-corrected chi connectivity index (χ2v) is 4.03. The summed E-state index contributed by atoms with van der Waals surface area (Å²) in [7, 11) is 0. The van der Waals surface area contributed by atoms with Crippen molar-refractivity contribution in [3.05, 3.63) is 23.0 Å². The lowest BCUT2D eigenvalue weighted by Gasteiger charge is -2.13. The van der Waals surface area contributed by atoms with Crippen LogP contribution >= 0.6 is 0 Å². The first-order valence-corrected chi connectivity index (χ1v) is 5.46. The van der Waals surface area contributed by atoms with Crippen LogP contribution in [0.3, 0.4) is 0 Å². The molecule has 3 heterocycles. The maximum absolute atomic E-state index is 11.7. The summed E-state index contributed by atoms with van der Waals surface area (Å²) >= 11 is 0. The van der Waals surface area contributed by atoms with Gasteiger partial charge in [-0.3, -0.25) is 9.36 Å². The van der Waals surface area contributed by atoms with Crippen molar-refractivity contribution < 1.29 is 9.84 Å². The summed E-state index contributed by atoms with van der Waals surface area (Å²) < 4.78 is 7.29. The average Bonchev–Trinajstić information content (AvgIpc) is 2.94. The Morgan fingerprint density at radius 1 is 1.53 bits per heavy atom. The summed E-state index contributed by atoms with van der Waals surface area (Å²) in [5.74, 6) is 0. The smallest absolute Gasteiger partial charge is 0.277 e. The van der Waals surface area contributed by atoms with Gasteiger partial charge in [0.1, 0.15) is 6.23 Å². The minimum absolute atomic E-state index is 0.00225. The number of imidazole rings is 1. The van der Waals surface area contributed by atoms with Crippen LogP contribution in [0.25, 0.3) is 11.2 Å². The molecule has 0 aromatic carbocycles. The Hall–Kier alpha value is -1.73. The van der Waals surface area contributed by atoms with E-state index >= 15 is 0 Å². The molecule has 17 heavy (non-hydrogen) atoms. The highest BCUT2D eigenvalue weighted by Crippen LogP contribution is 2.29. The van der Waals surface area contributed by atoms with E-state index in [1.54, 1.807) is 10.9 Å². The number of aliphatic hydroxyl groups excluding tert-OH is 1. The number of hydrogen-bond acceptors (Lipinski definition) is 5. The maximum atomic E-state index is 11.7. The zero-order valence-electron chi connectivity index (χ0n) is 9.04. The number of aromatic nitrogens is 4. The van der Waals surface area contributed by atoms with Crippen LogP contribution < -0.4 is 5.56 Å². The maximum Gasteiger partial charge on any atom is 0.277 e. The van der Waals surface area contributed by atoms with Crippen LogP contribution in [0.2, 0.25) is 0 Å². The fourth-order valence-electron chi connectivity index (χ4n) is 2.13. The highest BCUT2D eigenvalue weighted by molar-refractivity contribution is 5.68. The molecule has 7 nitrogen and oxygen atoms in total. The van der Waals surface area contributed by atoms with Gasteiger partial charge in [0.15, 0.2) is 11.2 Å². The summed E-state index contributed by atoms with van der Waals surface area (Å²) in [5.41, 5.74) is 0.587. The van der Waals surface area contributed by atoms with Crippen molar-refractivity contribution in [1.29, 1.82) is 0 Å². The molecule has 2 aromatic heterocycles. The van der Waals surface area contributed by atoms with E-state index in [0.717, 1.165) is 12.8 Å². The Morgan fingerprint density at radius 2 is 2.41 bits per heavy atom. The molecule has 0 bridgehead atoms. The van der Waals surface area contributed by atoms with Crippen LogP contribution in [-0.2, 0) is 4.74 Å². The molecule has 1 fully saturated rings. The molecule has 1 aliphatic rings. The second-order valence-electron chi connectivity index (χ2n) is 4.03. The van der Waals surface area contributed by atoms with Gasteiger partial charge in [-0.2, -0.15) is 0 Å². The van der Waals surface area contributed by atoms with E-state index < -0.39 is 0 Å². The average molecular weight is 236 g/mol. The van der Waals surface area contributed by atoms with Gasteiger partial charge in [-0.25, -0.2) is 9.97 Å². The number of aliphatic hydroxyl groups is 1. The van der Waals surface area contributed by atoms with Crippen molar-refractivity contribution >= 4 is 11.2 Å². The number of nitrogens with zero attached hydrogens (tertiary/aromatic N) is 3. The van der Waals surface area contributed by atoms with Crippen LogP contribution in [0.4, 0.5) is 0 Å². The molecule has 2 unspecified atom stereocenters. The first kappa shape index (κ1) is 10.4. The van der Waals surface area contributed by atoms with Crippen LogP contribution in [0, 0.1) is 0 Å². The number of aromatic amines is 1. The van der Waals surface area contributed by atoms with Gasteiger partial charge in [-0.1, -0.05) is 0 Å². The lowest BCUT2D eigenvalue weighted by atomic mass is 10.2. The molecule has 0 amide bonds. The third-order valence-electron chi connectivity index (χ3n) is 2.97. The number of nitrogens with one attached hydrogen (secondary N) is 1. The van der Waals surface area contributed by atoms with Gasteiger partial charge in [0, 0.05) is 0 Å². The van der Waals surface area contributed by atoms with Gasteiger partial charge in [-0.15, -0.1) is 0 Å². The zero-order valence-corrected chi connectivity index (χ0v) is 9.04. The predicted octanol–water partition coefficient (Wildman–Crippen LogP) is -0.210. The minimum atomic E-state index is -0.248. The van der Waals surface area contributed by atoms with E-state index in [1.807, 2.05) is 0 Å². The number of rotatable bonds is 2. The Bertz CT molecular complexity index is 590. The summed E-state index contributed by atoms with van der Waals surface area (Å²) in [4.78, 5) is 22.3. The van der Waals surface area contributed by atoms with Crippen molar-refractivity contribution in [2.45, 2.75) is 25.2 Å². The molecule has 0 saturated carbocycles. The molecule has 90 valence electrons. The van der Waals surface area contributed by atoms with E-state index in [-0.39, 0.29) is 24.5 Å². The fraction of sp³-hybridized carbons (Fsp3) is 0.500. The third kappa shape index (κ3) is 1.63. The molecule has 1 saturated heterocycles. The Kier molecular flexibility index (Phi) is 2.41. The van der Waals surface area contributed by atoms with Crippen molar-refractivity contribution in [2.75, 3.05) is 6.61 Å². The topological polar surface area (TPSA) is 93.0 Å². The molecular weight excluding hydrogens is 224 g/mol. The monoisotopic (exact) mass is 236 g/mol. The van der Waals surface area contributed by atoms with Crippen LogP contribution in [0.1, 0.15) is 19.1 Å². The van der Waals surface area contributed by atoms with Crippen LogP contribution in [-0.4, -0.2) is 37.3 Å². The van der Waals surface area contributed by atoms with E-state index in [0.29, 0.717) is 11.2 Å². The Labute approximate surface area is 96.1 Å². The third-order valence-corrected chi connectivity index (χ3v) is 2.97. The minimum Gasteiger partial charge on any atom is -0.394 e. The van der Waals surface area contributed by atoms with E-state index in [1.165, 1.54) is 6.33 Å². The number of H-pyrrole nitrogens is 1. The highest BCUT2D eigenvalue weighted by Gasteiger charge is 2.27. The summed E-state index contributed by atoms with van der Waals surface area (Å²) in [6.45, 7) is -0.00225. The first-order chi connectivity index (χ1) is 8.29. The molecule has 0 spiro atoms. The standard InChI is InChI=1S/C10H12N4O3/c15-3-6-1-2-7(17-6)14-5-13-9-8(14)10(16)12-4-11-9/h4-7,15H,1-3H2,(H,11,12,16). The van der Waals surface area contributed by atoms with Gasteiger partial charge < -0.3 is 14.8 Å². The van der Waals surface area contributed by atoms with Crippen LogP contribution in [0.5, 0.6) is 0 Å². The predicted molar refractivity (Wildman–Crippen MR) is 58.4 cm³/mol. The summed E-state index contributed by atoms with van der Waals surface area (Å²) in [6.07, 6.45) is 4.01. The first-order valence-electron chi connectivity index (χ1n) is 5.46. The molecule has 3 rings (SSSR count). The van der Waals surface area contributed by atoms with E-state index in [4.69, 9.17) is 9.84 Å². The zero-order chi connectivity index (χ0) is 11.8. The van der Waals surface area contributed by atoms with E-state index in [9.17, 15) is 4.79 Å². The molecule has 0 radical (unpaired) electrons. The fourth-order valence-corrected chi connectivity index (χ4v) is 2.13. The SMILES string of the molecule is O=c1[nH]cnc2ncn(C3CCC(CO)O3)c12. The summed E-state index contributed by atoms with van der Waals surface area (Å²) in [5, 5.41) is 9.02. The quantitative estimate of drug-likeness (QED) is 0.752. The van der Waals surface area contributed by atoms with Crippen molar-refractivity contribution in [2.24, 2.45) is 0 Å². The number of fused-ring (bicyclic) bond motifs is 1. The van der Waals surface area contributed by atoms with Gasteiger partial charge in [0.2, 0.25) is 0 Å². The molecule has 2 atom stereocenters. The lowest BCUT2D eigenvalue weighted by molar-refractivity contribution is -0.0205. The van der Waals surface area contributed by atoms with Gasteiger partial charge >= 0.3 is 0 Å². The van der Waals surface area contributed by atoms with Gasteiger partial charge in [0.05, 0.1) is 25.4 Å². The second kappa shape index (κ2) is 3.94. The molecule has 2 aromatic rings. The van der Waals surface area contributed by atoms with Crippen LogP contribution in [0.15, 0.2) is 17.4 Å². The molecular formula is C10H12N4O3. The Morgan fingerprint density at radius 3 is 3.18 bits per heavy atom. The Balaban J connectivity index is 2.04. The molecule has 0 aliphatic carbocycles. The largest absolute Gasteiger partial charge is 0.394 e. The van der Waals surface area contributed by atoms with E-state index in [2.05, 4.69) is 15.0 Å². The summed E-state index contributed by atoms with van der Waals surface area (Å²) in [6, 6.07) is 0. The van der Waals surface area contributed by atoms with Gasteiger partial charge in [0.25, 0.3) is 5.56 Å².